The number of rotatable bonds is 5. The molecule has 1 aliphatic carbocycles. The summed E-state index contributed by atoms with van der Waals surface area (Å²) in [6, 6.07) is 2.15. The van der Waals surface area contributed by atoms with Crippen molar-refractivity contribution in [3.8, 4) is 0 Å². The third kappa shape index (κ3) is 2.72. The number of nitrogens with zero attached hydrogens (tertiary/aromatic N) is 1. The second kappa shape index (κ2) is 5.07. The Morgan fingerprint density at radius 3 is 2.58 bits per heavy atom. The number of hydrogen-bond acceptors (Lipinski definition) is 4. The predicted octanol–water partition coefficient (Wildman–Crippen LogP) is 0.862. The number of sulfonamides is 1. The lowest BCUT2D eigenvalue weighted by atomic mass is 10.2. The van der Waals surface area contributed by atoms with Crippen molar-refractivity contribution in [3.05, 3.63) is 23.5 Å². The van der Waals surface area contributed by atoms with Crippen LogP contribution in [0.3, 0.4) is 0 Å². The molecule has 0 spiro atoms. The highest BCUT2D eigenvalue weighted by Crippen LogP contribution is 2.33. The number of halogens is 1. The average molecular weight is 288 g/mol. The molecule has 0 unspecified atom stereocenters. The summed E-state index contributed by atoms with van der Waals surface area (Å²) in [6.07, 6.45) is 1.53. The zero-order valence-electron chi connectivity index (χ0n) is 10.6. The van der Waals surface area contributed by atoms with E-state index in [0.29, 0.717) is 0 Å². The summed E-state index contributed by atoms with van der Waals surface area (Å²) in [4.78, 5) is -0.159. The third-order valence-corrected chi connectivity index (χ3v) is 5.17. The van der Waals surface area contributed by atoms with Crippen LogP contribution >= 0.6 is 0 Å². The van der Waals surface area contributed by atoms with E-state index in [1.54, 1.807) is 0 Å². The molecule has 2 rings (SSSR count). The maximum absolute atomic E-state index is 13.6. The van der Waals surface area contributed by atoms with Crippen LogP contribution in [-0.4, -0.2) is 37.0 Å². The van der Waals surface area contributed by atoms with Crippen molar-refractivity contribution < 1.29 is 17.9 Å². The van der Waals surface area contributed by atoms with E-state index in [0.717, 1.165) is 18.9 Å². The average Bonchev–Trinajstić information content (AvgIpc) is 3.16. The first kappa shape index (κ1) is 14.2. The zero-order valence-corrected chi connectivity index (χ0v) is 11.5. The van der Waals surface area contributed by atoms with Gasteiger partial charge in [0, 0.05) is 23.8 Å². The number of hydrogen-bond donors (Lipinski definition) is 2. The van der Waals surface area contributed by atoms with Crippen LogP contribution in [0, 0.1) is 12.7 Å². The van der Waals surface area contributed by atoms with Gasteiger partial charge >= 0.3 is 0 Å². The van der Waals surface area contributed by atoms with Crippen molar-refractivity contribution in [1.82, 2.24) is 4.31 Å². The van der Waals surface area contributed by atoms with Crippen molar-refractivity contribution in [2.75, 3.05) is 18.9 Å². The van der Waals surface area contributed by atoms with Gasteiger partial charge in [-0.05, 0) is 31.9 Å². The van der Waals surface area contributed by atoms with Gasteiger partial charge in [0.25, 0.3) is 0 Å². The summed E-state index contributed by atoms with van der Waals surface area (Å²) in [6.45, 7) is 1.25. The Morgan fingerprint density at radius 2 is 2.11 bits per heavy atom. The number of aliphatic hydroxyl groups excluding tert-OH is 1. The van der Waals surface area contributed by atoms with Crippen molar-refractivity contribution in [1.29, 1.82) is 0 Å². The summed E-state index contributed by atoms with van der Waals surface area (Å²) < 4.78 is 39.7. The molecule has 0 aliphatic heterocycles. The molecule has 0 saturated heterocycles. The Balaban J connectivity index is 2.43. The Hall–Kier alpha value is -1.18. The maximum atomic E-state index is 13.6. The van der Waals surface area contributed by atoms with Gasteiger partial charge in [0.1, 0.15) is 5.82 Å². The van der Waals surface area contributed by atoms with E-state index >= 15 is 0 Å². The van der Waals surface area contributed by atoms with Gasteiger partial charge in [-0.15, -0.1) is 0 Å². The van der Waals surface area contributed by atoms with Gasteiger partial charge in [-0.2, -0.15) is 4.31 Å². The molecule has 0 atom stereocenters. The highest BCUT2D eigenvalue weighted by Gasteiger charge is 2.38. The quantitative estimate of drug-likeness (QED) is 0.787. The van der Waals surface area contributed by atoms with E-state index in [9.17, 15) is 12.8 Å². The number of nitrogen functional groups attached to an aromatic ring is 1. The minimum atomic E-state index is -3.81. The Bertz CT molecular complexity index is 562. The molecular formula is C12H17FN2O3S. The van der Waals surface area contributed by atoms with Gasteiger partial charge < -0.3 is 10.8 Å². The van der Waals surface area contributed by atoms with Gasteiger partial charge in [0.05, 0.1) is 11.5 Å². The van der Waals surface area contributed by atoms with Crippen LogP contribution in [0.4, 0.5) is 10.1 Å². The maximum Gasteiger partial charge on any atom is 0.243 e. The first-order valence-electron chi connectivity index (χ1n) is 6.06. The van der Waals surface area contributed by atoms with E-state index < -0.39 is 15.8 Å². The van der Waals surface area contributed by atoms with E-state index in [1.165, 1.54) is 17.3 Å². The van der Waals surface area contributed by atoms with Crippen LogP contribution in [0.5, 0.6) is 0 Å². The lowest BCUT2D eigenvalue weighted by Crippen LogP contribution is -2.35. The summed E-state index contributed by atoms with van der Waals surface area (Å²) in [5.74, 6) is -0.640. The molecule has 1 saturated carbocycles. The zero-order chi connectivity index (χ0) is 14.2. The fourth-order valence-electron chi connectivity index (χ4n) is 1.92. The number of benzene rings is 1. The molecule has 0 radical (unpaired) electrons. The molecule has 0 aromatic heterocycles. The van der Waals surface area contributed by atoms with Gasteiger partial charge in [-0.3, -0.25) is 0 Å². The van der Waals surface area contributed by atoms with Crippen LogP contribution in [0.15, 0.2) is 17.0 Å². The van der Waals surface area contributed by atoms with Gasteiger partial charge in [-0.25, -0.2) is 12.8 Å². The first-order chi connectivity index (χ1) is 8.87. The normalized spacial score (nSPS) is 16.0. The van der Waals surface area contributed by atoms with Crippen LogP contribution in [-0.2, 0) is 10.0 Å². The SMILES string of the molecule is Cc1c(N)cc(S(=O)(=O)N(CCO)C2CC2)cc1F. The molecule has 1 aromatic rings. The first-order valence-corrected chi connectivity index (χ1v) is 7.50. The number of nitrogens with two attached hydrogens (primary N) is 1. The lowest BCUT2D eigenvalue weighted by molar-refractivity contribution is 0.250. The minimum Gasteiger partial charge on any atom is -0.398 e. The molecule has 0 heterocycles. The minimum absolute atomic E-state index is 0.0163. The Labute approximate surface area is 111 Å². The lowest BCUT2D eigenvalue weighted by Gasteiger charge is -2.21. The van der Waals surface area contributed by atoms with E-state index in [2.05, 4.69) is 0 Å². The van der Waals surface area contributed by atoms with E-state index in [1.807, 2.05) is 0 Å². The standard InChI is InChI=1S/C12H17FN2O3S/c1-8-11(13)6-10(7-12(8)14)19(17,18)15(4-5-16)9-2-3-9/h6-7,9,16H,2-5,14H2,1H3. The van der Waals surface area contributed by atoms with Crippen molar-refractivity contribution in [2.45, 2.75) is 30.7 Å². The molecule has 1 fully saturated rings. The van der Waals surface area contributed by atoms with Gasteiger partial charge in [0.15, 0.2) is 0 Å². The Morgan fingerprint density at radius 1 is 1.47 bits per heavy atom. The predicted molar refractivity (Wildman–Crippen MR) is 69.5 cm³/mol. The monoisotopic (exact) mass is 288 g/mol. The fraction of sp³-hybridized carbons (Fsp3) is 0.500. The molecule has 0 bridgehead atoms. The second-order valence-electron chi connectivity index (χ2n) is 4.69. The van der Waals surface area contributed by atoms with E-state index in [-0.39, 0.29) is 35.3 Å². The molecule has 1 aromatic carbocycles. The van der Waals surface area contributed by atoms with Crippen molar-refractivity contribution in [2.24, 2.45) is 0 Å². The summed E-state index contributed by atoms with van der Waals surface area (Å²) in [7, 11) is -3.81. The molecule has 1 aliphatic rings. The fourth-order valence-corrected chi connectivity index (χ4v) is 3.64. The molecule has 7 heteroatoms. The topological polar surface area (TPSA) is 83.6 Å². The molecule has 0 amide bonds. The molecule has 5 nitrogen and oxygen atoms in total. The van der Waals surface area contributed by atoms with Gasteiger partial charge in [-0.1, -0.05) is 0 Å². The van der Waals surface area contributed by atoms with Crippen LogP contribution in [0.1, 0.15) is 18.4 Å². The van der Waals surface area contributed by atoms with Crippen molar-refractivity contribution in [3.63, 3.8) is 0 Å². The van der Waals surface area contributed by atoms with Crippen LogP contribution in [0.25, 0.3) is 0 Å². The van der Waals surface area contributed by atoms with Crippen LogP contribution in [0.2, 0.25) is 0 Å². The van der Waals surface area contributed by atoms with Crippen molar-refractivity contribution >= 4 is 15.7 Å². The van der Waals surface area contributed by atoms with Crippen LogP contribution < -0.4 is 5.73 Å². The molecule has 106 valence electrons. The smallest absolute Gasteiger partial charge is 0.243 e. The summed E-state index contributed by atoms with van der Waals surface area (Å²) in [5.41, 5.74) is 5.96. The number of anilines is 1. The molecule has 3 N–H and O–H groups in total. The highest BCUT2D eigenvalue weighted by atomic mass is 32.2. The highest BCUT2D eigenvalue weighted by molar-refractivity contribution is 7.89. The Kier molecular flexibility index (Phi) is 3.80. The molecular weight excluding hydrogens is 271 g/mol. The van der Waals surface area contributed by atoms with E-state index in [4.69, 9.17) is 10.8 Å². The summed E-state index contributed by atoms with van der Waals surface area (Å²) >= 11 is 0. The summed E-state index contributed by atoms with van der Waals surface area (Å²) in [5, 5.41) is 8.97. The second-order valence-corrected chi connectivity index (χ2v) is 6.58. The van der Waals surface area contributed by atoms with Gasteiger partial charge in [0.2, 0.25) is 10.0 Å². The number of aliphatic hydroxyl groups is 1. The molecule has 19 heavy (non-hydrogen) atoms. The third-order valence-electron chi connectivity index (χ3n) is 3.24. The largest absolute Gasteiger partial charge is 0.398 e.